The van der Waals surface area contributed by atoms with Crippen LogP contribution in [0.3, 0.4) is 0 Å². The van der Waals surface area contributed by atoms with Crippen LogP contribution in [0.25, 0.3) is 11.0 Å². The molecule has 0 bridgehead atoms. The van der Waals surface area contributed by atoms with Crippen molar-refractivity contribution >= 4 is 22.6 Å². The maximum Gasteiger partial charge on any atom is 0.273 e. The van der Waals surface area contributed by atoms with Gasteiger partial charge in [-0.3, -0.25) is 19.5 Å². The number of piperazine rings is 1. The molecule has 2 N–H and O–H groups in total. The van der Waals surface area contributed by atoms with Crippen molar-refractivity contribution in [2.24, 2.45) is 0 Å². The summed E-state index contributed by atoms with van der Waals surface area (Å²) in [5, 5.41) is 2.77. The lowest BCUT2D eigenvalue weighted by atomic mass is 10.2. The number of rotatable bonds is 5. The normalized spacial score (nSPS) is 17.0. The number of aromatic nitrogens is 3. The van der Waals surface area contributed by atoms with Crippen LogP contribution < -0.4 is 15.8 Å². The molecule has 5 rings (SSSR count). The zero-order chi connectivity index (χ0) is 22.2. The van der Waals surface area contributed by atoms with Gasteiger partial charge in [0.1, 0.15) is 0 Å². The first-order valence-corrected chi connectivity index (χ1v) is 10.9. The van der Waals surface area contributed by atoms with Crippen LogP contribution in [0.5, 0.6) is 0 Å². The van der Waals surface area contributed by atoms with Gasteiger partial charge in [-0.25, -0.2) is 9.37 Å². The Labute approximate surface area is 184 Å². The van der Waals surface area contributed by atoms with Gasteiger partial charge in [0.2, 0.25) is 0 Å². The van der Waals surface area contributed by atoms with Crippen LogP contribution >= 0.6 is 0 Å². The molecular weight excluding hydrogens is 411 g/mol. The van der Waals surface area contributed by atoms with Gasteiger partial charge in [-0.15, -0.1) is 0 Å². The van der Waals surface area contributed by atoms with Crippen molar-refractivity contribution in [3.05, 3.63) is 63.6 Å². The van der Waals surface area contributed by atoms with Gasteiger partial charge in [0.15, 0.2) is 11.5 Å². The number of hydrogen-bond acceptors (Lipinski definition) is 6. The zero-order valence-corrected chi connectivity index (χ0v) is 17.9. The maximum atomic E-state index is 14.5. The Morgan fingerprint density at radius 3 is 2.66 bits per heavy atom. The summed E-state index contributed by atoms with van der Waals surface area (Å²) in [5.41, 5.74) is 3.65. The van der Waals surface area contributed by atoms with Crippen molar-refractivity contribution in [2.75, 3.05) is 31.1 Å². The molecule has 1 aliphatic heterocycles. The van der Waals surface area contributed by atoms with E-state index in [-0.39, 0.29) is 17.3 Å². The summed E-state index contributed by atoms with van der Waals surface area (Å²) in [7, 11) is 0. The Balaban J connectivity index is 1.21. The van der Waals surface area contributed by atoms with Crippen molar-refractivity contribution in [1.82, 2.24) is 25.2 Å². The molecule has 1 amide bonds. The van der Waals surface area contributed by atoms with Gasteiger partial charge >= 0.3 is 0 Å². The second-order valence-corrected chi connectivity index (χ2v) is 8.59. The van der Waals surface area contributed by atoms with E-state index in [2.05, 4.69) is 30.1 Å². The molecule has 8 nitrogen and oxygen atoms in total. The molecule has 1 saturated carbocycles. The molecule has 0 radical (unpaired) electrons. The number of halogens is 1. The first-order chi connectivity index (χ1) is 15.5. The van der Waals surface area contributed by atoms with Crippen molar-refractivity contribution in [3.8, 4) is 0 Å². The number of carbonyl (C=O) groups is 1. The molecule has 166 valence electrons. The number of amides is 1. The minimum absolute atomic E-state index is 0.0954. The second kappa shape index (κ2) is 8.31. The Hall–Kier alpha value is -3.33. The molecule has 1 saturated heterocycles. The third-order valence-corrected chi connectivity index (χ3v) is 6.03. The lowest BCUT2D eigenvalue weighted by Gasteiger charge is -2.36. The molecule has 0 atom stereocenters. The van der Waals surface area contributed by atoms with E-state index < -0.39 is 11.7 Å². The first kappa shape index (κ1) is 20.6. The number of fused-ring (bicyclic) bond motifs is 1. The predicted octanol–water partition coefficient (Wildman–Crippen LogP) is 1.98. The molecule has 3 aromatic rings. The fraction of sp³-hybridized carbons (Fsp3) is 0.391. The molecule has 1 aliphatic carbocycles. The molecule has 2 aliphatic rings. The van der Waals surface area contributed by atoms with Crippen LogP contribution in [0.15, 0.2) is 35.4 Å². The first-order valence-electron chi connectivity index (χ1n) is 10.9. The summed E-state index contributed by atoms with van der Waals surface area (Å²) in [4.78, 5) is 39.8. The summed E-state index contributed by atoms with van der Waals surface area (Å²) in [6.07, 6.45) is 5.31. The number of nitrogens with zero attached hydrogens (tertiary/aromatic N) is 4. The van der Waals surface area contributed by atoms with E-state index in [4.69, 9.17) is 0 Å². The van der Waals surface area contributed by atoms with Crippen molar-refractivity contribution in [1.29, 1.82) is 0 Å². The van der Waals surface area contributed by atoms with Crippen LogP contribution in [0.2, 0.25) is 0 Å². The van der Waals surface area contributed by atoms with E-state index >= 15 is 0 Å². The minimum atomic E-state index is -0.588. The Bertz CT molecular complexity index is 1230. The highest BCUT2D eigenvalue weighted by Crippen LogP contribution is 2.22. The highest BCUT2D eigenvalue weighted by Gasteiger charge is 2.26. The van der Waals surface area contributed by atoms with Gasteiger partial charge in [-0.2, -0.15) is 0 Å². The molecular formula is C23H25FN6O2. The second-order valence-electron chi connectivity index (χ2n) is 8.59. The topological polar surface area (TPSA) is 94.2 Å². The number of H-pyrrole nitrogens is 1. The summed E-state index contributed by atoms with van der Waals surface area (Å²) >= 11 is 0. The molecule has 4 heterocycles. The number of nitrogens with one attached hydrogen (secondary N) is 2. The van der Waals surface area contributed by atoms with E-state index in [0.29, 0.717) is 11.3 Å². The average molecular weight is 436 g/mol. The number of anilines is 1. The number of aromatic amines is 1. The van der Waals surface area contributed by atoms with Crippen molar-refractivity contribution in [3.63, 3.8) is 0 Å². The van der Waals surface area contributed by atoms with E-state index in [1.165, 1.54) is 6.07 Å². The Morgan fingerprint density at radius 1 is 1.16 bits per heavy atom. The minimum Gasteiger partial charge on any atom is -0.368 e. The van der Waals surface area contributed by atoms with Crippen LogP contribution in [0, 0.1) is 12.7 Å². The van der Waals surface area contributed by atoms with E-state index in [0.717, 1.165) is 62.2 Å². The number of pyridine rings is 3. The molecule has 32 heavy (non-hydrogen) atoms. The number of hydrogen-bond donors (Lipinski definition) is 2. The largest absolute Gasteiger partial charge is 0.368 e. The molecule has 0 unspecified atom stereocenters. The lowest BCUT2D eigenvalue weighted by molar-refractivity contribution is 0.0941. The molecule has 0 aromatic carbocycles. The highest BCUT2D eigenvalue weighted by molar-refractivity contribution is 5.93. The smallest absolute Gasteiger partial charge is 0.273 e. The van der Waals surface area contributed by atoms with Gasteiger partial charge in [0.25, 0.3) is 11.5 Å². The summed E-state index contributed by atoms with van der Waals surface area (Å²) in [6, 6.07) is 5.33. The van der Waals surface area contributed by atoms with E-state index in [9.17, 15) is 14.0 Å². The van der Waals surface area contributed by atoms with Gasteiger partial charge in [-0.1, -0.05) is 0 Å². The third kappa shape index (κ3) is 4.34. The lowest BCUT2D eigenvalue weighted by Crippen LogP contribution is -2.46. The van der Waals surface area contributed by atoms with Crippen LogP contribution in [-0.2, 0) is 6.54 Å². The van der Waals surface area contributed by atoms with E-state index in [1.54, 1.807) is 19.2 Å². The predicted molar refractivity (Wildman–Crippen MR) is 119 cm³/mol. The monoisotopic (exact) mass is 436 g/mol. The SMILES string of the molecule is Cc1cc2ncc(CN3CCN(c4cnc(C(=O)NC5CC5)c(F)c4)CC3)cc2[nH]c1=O. The molecule has 2 fully saturated rings. The van der Waals surface area contributed by atoms with Crippen LogP contribution in [-0.4, -0.2) is 58.0 Å². The Kier molecular flexibility index (Phi) is 5.34. The standard InChI is InChI=1S/C23H25FN6O2/c1-14-8-19-20(28-22(14)31)9-15(11-25-19)13-29-4-6-30(7-5-29)17-10-18(24)21(26-12-17)23(32)27-16-2-3-16/h8-12,16H,2-7,13H2,1H3,(H,27,32)(H,28,31). The fourth-order valence-corrected chi connectivity index (χ4v) is 3.98. The van der Waals surface area contributed by atoms with Gasteiger partial charge in [0.05, 0.1) is 22.9 Å². The van der Waals surface area contributed by atoms with Crippen molar-refractivity contribution < 1.29 is 9.18 Å². The quantitative estimate of drug-likeness (QED) is 0.635. The number of aryl methyl sites for hydroxylation is 1. The third-order valence-electron chi connectivity index (χ3n) is 6.03. The van der Waals surface area contributed by atoms with Crippen molar-refractivity contribution in [2.45, 2.75) is 32.4 Å². The maximum absolute atomic E-state index is 14.5. The Morgan fingerprint density at radius 2 is 1.94 bits per heavy atom. The summed E-state index contributed by atoms with van der Waals surface area (Å²) < 4.78 is 14.5. The van der Waals surface area contributed by atoms with E-state index in [1.807, 2.05) is 12.3 Å². The van der Waals surface area contributed by atoms with Crippen LogP contribution in [0.4, 0.5) is 10.1 Å². The molecule has 0 spiro atoms. The van der Waals surface area contributed by atoms with Crippen LogP contribution in [0.1, 0.15) is 34.5 Å². The summed E-state index contributed by atoms with van der Waals surface area (Å²) in [6.45, 7) is 5.55. The molecule has 3 aromatic heterocycles. The fourth-order valence-electron chi connectivity index (χ4n) is 3.98. The zero-order valence-electron chi connectivity index (χ0n) is 17.9. The van der Waals surface area contributed by atoms with Gasteiger partial charge in [-0.05, 0) is 37.5 Å². The number of carbonyl (C=O) groups excluding carboxylic acids is 1. The van der Waals surface area contributed by atoms with Gasteiger partial charge < -0.3 is 15.2 Å². The summed E-state index contributed by atoms with van der Waals surface area (Å²) in [5.74, 6) is -1.03. The molecule has 9 heteroatoms. The highest BCUT2D eigenvalue weighted by atomic mass is 19.1. The average Bonchev–Trinajstić information content (AvgIpc) is 3.59. The van der Waals surface area contributed by atoms with Gasteiger partial charge in [0, 0.05) is 56.6 Å².